The van der Waals surface area contributed by atoms with Crippen LogP contribution >= 0.6 is 0 Å². The first-order valence-electron chi connectivity index (χ1n) is 10.5. The van der Waals surface area contributed by atoms with E-state index in [0.29, 0.717) is 12.1 Å². The molecule has 0 heterocycles. The van der Waals surface area contributed by atoms with Crippen LogP contribution in [0.2, 0.25) is 0 Å². The van der Waals surface area contributed by atoms with Crippen LogP contribution in [0.1, 0.15) is 41.4 Å². The van der Waals surface area contributed by atoms with Crippen LogP contribution in [-0.4, -0.2) is 62.4 Å². The van der Waals surface area contributed by atoms with E-state index in [1.54, 1.807) is 26.0 Å². The summed E-state index contributed by atoms with van der Waals surface area (Å²) in [6, 6.07) is 18.5. The topological polar surface area (TPSA) is 60.0 Å². The molecule has 0 fully saturated rings. The van der Waals surface area contributed by atoms with Gasteiger partial charge in [-0.25, -0.2) is 0 Å². The smallest absolute Gasteiger partial charge is 0.253 e. The first kappa shape index (κ1) is 23.4. The molecule has 2 N–H and O–H groups in total. The lowest BCUT2D eigenvalue weighted by Gasteiger charge is -2.30. The van der Waals surface area contributed by atoms with Gasteiger partial charge in [-0.2, -0.15) is 0 Å². The Morgan fingerprint density at radius 1 is 0.967 bits per heavy atom. The highest BCUT2D eigenvalue weighted by molar-refractivity contribution is 5.93. The minimum Gasteiger partial charge on any atom is -0.354 e. The molecule has 0 bridgehead atoms. The Morgan fingerprint density at radius 3 is 2.13 bits per heavy atom. The molecule has 2 aromatic rings. The summed E-state index contributed by atoms with van der Waals surface area (Å²) in [5, 5.41) is 6.83. The number of guanidine groups is 1. The van der Waals surface area contributed by atoms with Crippen LogP contribution in [0.15, 0.2) is 59.6 Å². The third kappa shape index (κ3) is 6.59. The maximum absolute atomic E-state index is 12.0. The number of carbonyl (C=O) groups excluding carboxylic acids is 1. The quantitative estimate of drug-likeness (QED) is 0.493. The van der Waals surface area contributed by atoms with Gasteiger partial charge in [0.05, 0.1) is 6.04 Å². The van der Waals surface area contributed by atoms with Crippen molar-refractivity contribution in [2.75, 3.05) is 40.8 Å². The van der Waals surface area contributed by atoms with Gasteiger partial charge in [0.25, 0.3) is 5.91 Å². The molecule has 6 nitrogen and oxygen atoms in total. The number of nitrogens with one attached hydrogen (secondary N) is 2. The minimum atomic E-state index is 0.00958. The number of hydrogen-bond donors (Lipinski definition) is 2. The van der Waals surface area contributed by atoms with Crippen LogP contribution in [-0.2, 0) is 6.54 Å². The van der Waals surface area contributed by atoms with Crippen molar-refractivity contribution in [1.82, 2.24) is 20.4 Å². The summed E-state index contributed by atoms with van der Waals surface area (Å²) in [6.45, 7) is 7.76. The van der Waals surface area contributed by atoms with Crippen molar-refractivity contribution in [3.63, 3.8) is 0 Å². The molecule has 0 aromatic heterocycles. The third-order valence-corrected chi connectivity index (χ3v) is 5.19. The number of nitrogens with zero attached hydrogens (tertiary/aromatic N) is 3. The van der Waals surface area contributed by atoms with Crippen LogP contribution in [0, 0.1) is 0 Å². The highest BCUT2D eigenvalue weighted by Crippen LogP contribution is 2.19. The zero-order valence-corrected chi connectivity index (χ0v) is 18.9. The second-order valence-corrected chi connectivity index (χ2v) is 7.35. The third-order valence-electron chi connectivity index (χ3n) is 5.19. The second-order valence-electron chi connectivity index (χ2n) is 7.35. The molecule has 2 aromatic carbocycles. The molecular formula is C24H35N5O. The Balaban J connectivity index is 1.97. The van der Waals surface area contributed by atoms with Crippen molar-refractivity contribution in [2.24, 2.45) is 4.99 Å². The number of likely N-dealkylation sites (N-methyl/N-ethyl adjacent to an activating group) is 1. The maximum atomic E-state index is 12.0. The van der Waals surface area contributed by atoms with Crippen LogP contribution in [0.4, 0.5) is 0 Å². The molecule has 1 atom stereocenters. The molecule has 0 radical (unpaired) electrons. The van der Waals surface area contributed by atoms with Gasteiger partial charge in [0.15, 0.2) is 5.96 Å². The van der Waals surface area contributed by atoms with Gasteiger partial charge in [-0.15, -0.1) is 0 Å². The van der Waals surface area contributed by atoms with E-state index in [1.165, 1.54) is 5.56 Å². The number of aliphatic imine (C=N–C) groups is 1. The van der Waals surface area contributed by atoms with Crippen LogP contribution in [0.5, 0.6) is 0 Å². The van der Waals surface area contributed by atoms with Crippen LogP contribution < -0.4 is 10.6 Å². The number of hydrogen-bond acceptors (Lipinski definition) is 3. The van der Waals surface area contributed by atoms with Gasteiger partial charge < -0.3 is 15.5 Å². The molecule has 0 saturated carbocycles. The summed E-state index contributed by atoms with van der Waals surface area (Å²) in [6.07, 6.45) is 0. The van der Waals surface area contributed by atoms with E-state index in [9.17, 15) is 4.79 Å². The molecule has 30 heavy (non-hydrogen) atoms. The SMILES string of the molecule is CCN(CC)C(CNC(=NC)NCc1ccc(C(=O)N(C)C)cc1)c1ccccc1. The first-order valence-corrected chi connectivity index (χ1v) is 10.5. The molecule has 0 saturated heterocycles. The van der Waals surface area contributed by atoms with E-state index in [2.05, 4.69) is 58.6 Å². The van der Waals surface area contributed by atoms with Crippen LogP contribution in [0.25, 0.3) is 0 Å². The summed E-state index contributed by atoms with van der Waals surface area (Å²) in [7, 11) is 5.30. The van der Waals surface area contributed by atoms with Gasteiger partial charge in [-0.3, -0.25) is 14.7 Å². The summed E-state index contributed by atoms with van der Waals surface area (Å²) >= 11 is 0. The summed E-state index contributed by atoms with van der Waals surface area (Å²) in [5.41, 5.74) is 3.08. The Hall–Kier alpha value is -2.86. The van der Waals surface area contributed by atoms with E-state index in [-0.39, 0.29) is 11.9 Å². The molecular weight excluding hydrogens is 374 g/mol. The van der Waals surface area contributed by atoms with Gasteiger partial charge in [-0.05, 0) is 36.3 Å². The summed E-state index contributed by atoms with van der Waals surface area (Å²) < 4.78 is 0. The van der Waals surface area contributed by atoms with Crippen molar-refractivity contribution in [2.45, 2.75) is 26.4 Å². The van der Waals surface area contributed by atoms with Crippen molar-refractivity contribution in [3.05, 3.63) is 71.3 Å². The van der Waals surface area contributed by atoms with E-state index < -0.39 is 0 Å². The number of benzene rings is 2. The fourth-order valence-corrected chi connectivity index (χ4v) is 3.42. The second kappa shape index (κ2) is 12.0. The molecule has 0 aliphatic carbocycles. The summed E-state index contributed by atoms with van der Waals surface area (Å²) in [5.74, 6) is 0.770. The highest BCUT2D eigenvalue weighted by atomic mass is 16.2. The monoisotopic (exact) mass is 409 g/mol. The molecule has 6 heteroatoms. The Kier molecular flexibility index (Phi) is 9.35. The number of amides is 1. The number of carbonyl (C=O) groups is 1. The standard InChI is InChI=1S/C24H35N5O/c1-6-29(7-2)22(20-11-9-8-10-12-20)18-27-24(25-3)26-17-19-13-15-21(16-14-19)23(30)28(4)5/h8-16,22H,6-7,17-18H2,1-5H3,(H2,25,26,27). The van der Waals surface area contributed by atoms with Gasteiger partial charge in [-0.1, -0.05) is 56.3 Å². The van der Waals surface area contributed by atoms with Gasteiger partial charge in [0, 0.05) is 39.8 Å². The molecule has 0 spiro atoms. The summed E-state index contributed by atoms with van der Waals surface area (Å²) in [4.78, 5) is 20.4. The lowest BCUT2D eigenvalue weighted by Crippen LogP contribution is -2.43. The van der Waals surface area contributed by atoms with E-state index in [0.717, 1.165) is 31.2 Å². The Bertz CT molecular complexity index is 798. The molecule has 2 rings (SSSR count). The highest BCUT2D eigenvalue weighted by Gasteiger charge is 2.18. The molecule has 0 aliphatic heterocycles. The predicted octanol–water partition coefficient (Wildman–Crippen LogP) is 3.14. The average Bonchev–Trinajstić information content (AvgIpc) is 2.78. The minimum absolute atomic E-state index is 0.00958. The van der Waals surface area contributed by atoms with Gasteiger partial charge in [0.2, 0.25) is 0 Å². The lowest BCUT2D eigenvalue weighted by atomic mass is 10.1. The van der Waals surface area contributed by atoms with E-state index in [1.807, 2.05) is 30.3 Å². The zero-order valence-electron chi connectivity index (χ0n) is 18.9. The van der Waals surface area contributed by atoms with Crippen molar-refractivity contribution >= 4 is 11.9 Å². The molecule has 0 aliphatic rings. The molecule has 162 valence electrons. The molecule has 1 unspecified atom stereocenters. The lowest BCUT2D eigenvalue weighted by molar-refractivity contribution is 0.0827. The Labute approximate surface area is 181 Å². The van der Waals surface area contributed by atoms with Crippen molar-refractivity contribution in [1.29, 1.82) is 0 Å². The largest absolute Gasteiger partial charge is 0.354 e. The van der Waals surface area contributed by atoms with Crippen molar-refractivity contribution < 1.29 is 4.79 Å². The van der Waals surface area contributed by atoms with Gasteiger partial charge >= 0.3 is 0 Å². The first-order chi connectivity index (χ1) is 14.5. The molecule has 1 amide bonds. The van der Waals surface area contributed by atoms with E-state index in [4.69, 9.17) is 0 Å². The maximum Gasteiger partial charge on any atom is 0.253 e. The number of rotatable bonds is 9. The predicted molar refractivity (Wildman–Crippen MR) is 125 cm³/mol. The zero-order chi connectivity index (χ0) is 21.9. The van der Waals surface area contributed by atoms with E-state index >= 15 is 0 Å². The normalized spacial score (nSPS) is 12.5. The van der Waals surface area contributed by atoms with Crippen LogP contribution in [0.3, 0.4) is 0 Å². The Morgan fingerprint density at radius 2 is 1.60 bits per heavy atom. The average molecular weight is 410 g/mol. The fraction of sp³-hybridized carbons (Fsp3) is 0.417. The van der Waals surface area contributed by atoms with Gasteiger partial charge in [0.1, 0.15) is 0 Å². The van der Waals surface area contributed by atoms with Crippen molar-refractivity contribution in [3.8, 4) is 0 Å². The fourth-order valence-electron chi connectivity index (χ4n) is 3.42.